The van der Waals surface area contributed by atoms with Crippen molar-refractivity contribution < 1.29 is 4.42 Å². The van der Waals surface area contributed by atoms with E-state index in [0.717, 1.165) is 44.6 Å². The second-order valence-corrected chi connectivity index (χ2v) is 17.5. The average Bonchev–Trinajstić information content (AvgIpc) is 3.94. The summed E-state index contributed by atoms with van der Waals surface area (Å²) >= 11 is 1.88. The van der Waals surface area contributed by atoms with Crippen molar-refractivity contribution in [3.63, 3.8) is 0 Å². The normalized spacial score (nSPS) is 13.0. The summed E-state index contributed by atoms with van der Waals surface area (Å²) in [6.45, 7) is 4.71. The highest BCUT2D eigenvalue weighted by Crippen LogP contribution is 2.51. The Balaban J connectivity index is 0.960. The molecule has 0 amide bonds. The number of thiophene rings is 1. The van der Waals surface area contributed by atoms with Crippen LogP contribution in [-0.4, -0.2) is 0 Å². The number of para-hydroxylation sites is 1. The summed E-state index contributed by atoms with van der Waals surface area (Å²) in [4.78, 5) is 2.41. The van der Waals surface area contributed by atoms with Crippen LogP contribution in [0.3, 0.4) is 0 Å². The van der Waals surface area contributed by atoms with Gasteiger partial charge in [-0.3, -0.25) is 0 Å². The van der Waals surface area contributed by atoms with Gasteiger partial charge in [0.2, 0.25) is 0 Å². The van der Waals surface area contributed by atoms with Gasteiger partial charge in [-0.15, -0.1) is 11.3 Å². The fourth-order valence-electron chi connectivity index (χ4n) is 9.71. The Kier molecular flexibility index (Phi) is 7.79. The lowest BCUT2D eigenvalue weighted by Gasteiger charge is -2.28. The first-order valence-corrected chi connectivity index (χ1v) is 21.5. The van der Waals surface area contributed by atoms with Gasteiger partial charge in [-0.2, -0.15) is 0 Å². The topological polar surface area (TPSA) is 16.4 Å². The molecule has 0 saturated heterocycles. The molecule has 12 rings (SSSR count). The zero-order valence-corrected chi connectivity index (χ0v) is 34.1. The van der Waals surface area contributed by atoms with Gasteiger partial charge in [0.05, 0.1) is 0 Å². The summed E-state index contributed by atoms with van der Waals surface area (Å²) in [5, 5.41) is 4.91. The van der Waals surface area contributed by atoms with Crippen molar-refractivity contribution in [1.29, 1.82) is 0 Å². The van der Waals surface area contributed by atoms with Crippen LogP contribution in [0.1, 0.15) is 25.0 Å². The quantitative estimate of drug-likeness (QED) is 0.167. The zero-order chi connectivity index (χ0) is 40.0. The number of nitrogens with zero attached hydrogens (tertiary/aromatic N) is 1. The lowest BCUT2D eigenvalue weighted by molar-refractivity contribution is 0.660. The maximum Gasteiger partial charge on any atom is 0.135 e. The summed E-state index contributed by atoms with van der Waals surface area (Å²) in [5.74, 6) is 0. The molecule has 0 unspecified atom stereocenters. The minimum absolute atomic E-state index is 0.113. The molecule has 1 aliphatic carbocycles. The molecular formula is C57H39NOS. The highest BCUT2D eigenvalue weighted by Gasteiger charge is 2.35. The molecule has 0 N–H and O–H groups in total. The van der Waals surface area contributed by atoms with E-state index in [1.165, 1.54) is 70.2 Å². The molecule has 2 heterocycles. The van der Waals surface area contributed by atoms with E-state index in [2.05, 4.69) is 207 Å². The van der Waals surface area contributed by atoms with Crippen molar-refractivity contribution in [2.24, 2.45) is 0 Å². The number of hydrogen-bond donors (Lipinski definition) is 0. The van der Waals surface area contributed by atoms with Crippen LogP contribution in [0, 0.1) is 0 Å². The summed E-state index contributed by atoms with van der Waals surface area (Å²) in [6, 6.07) is 73.2. The Labute approximate surface area is 353 Å². The van der Waals surface area contributed by atoms with E-state index in [-0.39, 0.29) is 5.41 Å². The SMILES string of the molecule is CC1(C)c2ccccc2-c2ccc(N(c3ccc(-c4ccc5oc6ccccc6c5c4)cc3)c3ccc(-c4ccccc4-c4cccc5c4sc4ccccc45)cc3)cc21. The largest absolute Gasteiger partial charge is 0.456 e. The van der Waals surface area contributed by atoms with E-state index in [4.69, 9.17) is 4.42 Å². The van der Waals surface area contributed by atoms with Gasteiger partial charge in [-0.05, 0) is 111 Å². The van der Waals surface area contributed by atoms with Crippen molar-refractivity contribution in [3.05, 3.63) is 211 Å². The number of hydrogen-bond acceptors (Lipinski definition) is 3. The molecule has 2 nitrogen and oxygen atoms in total. The monoisotopic (exact) mass is 785 g/mol. The molecule has 2 aromatic heterocycles. The Morgan fingerprint density at radius 1 is 0.383 bits per heavy atom. The Morgan fingerprint density at radius 2 is 0.967 bits per heavy atom. The fourth-order valence-corrected chi connectivity index (χ4v) is 10.9. The molecule has 0 spiro atoms. The minimum Gasteiger partial charge on any atom is -0.456 e. The molecule has 0 bridgehead atoms. The molecule has 0 fully saturated rings. The van der Waals surface area contributed by atoms with Gasteiger partial charge in [0.15, 0.2) is 0 Å². The predicted octanol–water partition coefficient (Wildman–Crippen LogP) is 16.7. The molecule has 11 aromatic rings. The summed E-state index contributed by atoms with van der Waals surface area (Å²) in [5.41, 5.74) is 17.7. The Morgan fingerprint density at radius 3 is 1.78 bits per heavy atom. The average molecular weight is 786 g/mol. The number of rotatable bonds is 6. The van der Waals surface area contributed by atoms with Gasteiger partial charge < -0.3 is 9.32 Å². The van der Waals surface area contributed by atoms with Crippen LogP contribution in [0.4, 0.5) is 17.1 Å². The van der Waals surface area contributed by atoms with Crippen molar-refractivity contribution in [2.75, 3.05) is 4.90 Å². The molecule has 60 heavy (non-hydrogen) atoms. The van der Waals surface area contributed by atoms with Crippen molar-refractivity contribution in [3.8, 4) is 44.5 Å². The van der Waals surface area contributed by atoms with Gasteiger partial charge in [-0.1, -0.05) is 153 Å². The van der Waals surface area contributed by atoms with Crippen LogP contribution < -0.4 is 4.90 Å². The Bertz CT molecular complexity index is 3460. The third kappa shape index (κ3) is 5.40. The van der Waals surface area contributed by atoms with E-state index in [1.54, 1.807) is 0 Å². The van der Waals surface area contributed by atoms with E-state index in [9.17, 15) is 0 Å². The second-order valence-electron chi connectivity index (χ2n) is 16.5. The molecule has 0 atom stereocenters. The second kappa shape index (κ2) is 13.4. The van der Waals surface area contributed by atoms with Crippen LogP contribution in [-0.2, 0) is 5.41 Å². The van der Waals surface area contributed by atoms with Crippen LogP contribution in [0.25, 0.3) is 86.6 Å². The maximum absolute atomic E-state index is 6.15. The van der Waals surface area contributed by atoms with Gasteiger partial charge >= 0.3 is 0 Å². The van der Waals surface area contributed by atoms with E-state index in [1.807, 2.05) is 23.5 Å². The number of furan rings is 1. The highest BCUT2D eigenvalue weighted by molar-refractivity contribution is 7.26. The highest BCUT2D eigenvalue weighted by atomic mass is 32.1. The number of fused-ring (bicyclic) bond motifs is 9. The predicted molar refractivity (Wildman–Crippen MR) is 255 cm³/mol. The number of anilines is 3. The summed E-state index contributed by atoms with van der Waals surface area (Å²) in [7, 11) is 0. The molecular weight excluding hydrogens is 747 g/mol. The van der Waals surface area contributed by atoms with E-state index < -0.39 is 0 Å². The maximum atomic E-state index is 6.15. The summed E-state index contributed by atoms with van der Waals surface area (Å²) in [6.07, 6.45) is 0. The van der Waals surface area contributed by atoms with Crippen molar-refractivity contribution in [1.82, 2.24) is 0 Å². The molecule has 1 aliphatic rings. The molecule has 0 aliphatic heterocycles. The molecule has 0 saturated carbocycles. The lowest BCUT2D eigenvalue weighted by atomic mass is 9.82. The lowest BCUT2D eigenvalue weighted by Crippen LogP contribution is -2.16. The minimum atomic E-state index is -0.113. The zero-order valence-electron chi connectivity index (χ0n) is 33.3. The first-order chi connectivity index (χ1) is 29.5. The first-order valence-electron chi connectivity index (χ1n) is 20.7. The van der Waals surface area contributed by atoms with E-state index >= 15 is 0 Å². The first kappa shape index (κ1) is 34.8. The third-order valence-corrected chi connectivity index (χ3v) is 13.9. The number of benzene rings is 9. The van der Waals surface area contributed by atoms with E-state index in [0.29, 0.717) is 0 Å². The molecule has 284 valence electrons. The third-order valence-electron chi connectivity index (χ3n) is 12.7. The summed E-state index contributed by atoms with van der Waals surface area (Å²) < 4.78 is 8.80. The molecule has 9 aromatic carbocycles. The van der Waals surface area contributed by atoms with Gasteiger partial charge in [0, 0.05) is 59.0 Å². The van der Waals surface area contributed by atoms with Gasteiger partial charge in [-0.25, -0.2) is 0 Å². The van der Waals surface area contributed by atoms with Crippen LogP contribution in [0.5, 0.6) is 0 Å². The van der Waals surface area contributed by atoms with Crippen molar-refractivity contribution in [2.45, 2.75) is 19.3 Å². The van der Waals surface area contributed by atoms with Crippen molar-refractivity contribution >= 4 is 70.5 Å². The molecule has 0 radical (unpaired) electrons. The standard InChI is InChI=1S/C57H39NOS/c1-57(2)51-19-8-5-14-44(51)45-32-31-41(35-52(45)57)58(39-27-22-36(23-28-39)38-26-33-54-50(34-38)46-15-6-9-20-53(46)59-54)40-29-24-37(25-30-40)42-12-3-4-13-43(42)48-17-11-18-49-47-16-7-10-21-55(47)60-56(48)49/h3-35H,1-2H3. The fraction of sp³-hybridized carbons (Fsp3) is 0.0526. The smallest absolute Gasteiger partial charge is 0.135 e. The van der Waals surface area contributed by atoms with Gasteiger partial charge in [0.25, 0.3) is 0 Å². The van der Waals surface area contributed by atoms with Crippen LogP contribution in [0.15, 0.2) is 205 Å². The van der Waals surface area contributed by atoms with Crippen LogP contribution >= 0.6 is 11.3 Å². The Hall–Kier alpha value is -7.20. The van der Waals surface area contributed by atoms with Crippen LogP contribution in [0.2, 0.25) is 0 Å². The van der Waals surface area contributed by atoms with Gasteiger partial charge in [0.1, 0.15) is 11.2 Å². The molecule has 3 heteroatoms.